The minimum absolute atomic E-state index is 0.00445. The van der Waals surface area contributed by atoms with Gasteiger partial charge in [-0.1, -0.05) is 6.07 Å². The molecule has 0 unspecified atom stereocenters. The van der Waals surface area contributed by atoms with Gasteiger partial charge in [0, 0.05) is 18.1 Å². The molecule has 1 saturated carbocycles. The number of fused-ring (bicyclic) bond motifs is 1. The first-order valence-corrected chi connectivity index (χ1v) is 11.4. The Hall–Kier alpha value is -4.08. The molecule has 180 valence electrons. The van der Waals surface area contributed by atoms with Crippen LogP contribution in [0.2, 0.25) is 0 Å². The summed E-state index contributed by atoms with van der Waals surface area (Å²) in [5.41, 5.74) is 2.54. The molecule has 9 nitrogen and oxygen atoms in total. The quantitative estimate of drug-likeness (QED) is 0.395. The summed E-state index contributed by atoms with van der Waals surface area (Å²) in [6.07, 6.45) is 6.51. The number of nitrogens with one attached hydrogen (secondary N) is 1. The smallest absolute Gasteiger partial charge is 0.303 e. The molecule has 1 fully saturated rings. The highest BCUT2D eigenvalue weighted by molar-refractivity contribution is 5.77. The summed E-state index contributed by atoms with van der Waals surface area (Å²) in [5, 5.41) is 8.94. The molecule has 1 aliphatic rings. The van der Waals surface area contributed by atoms with Gasteiger partial charge >= 0.3 is 5.97 Å². The Morgan fingerprint density at radius 3 is 2.60 bits per heavy atom. The average Bonchev–Trinajstić information content (AvgIpc) is 3.28. The molecule has 0 aliphatic heterocycles. The minimum atomic E-state index is -0.754. The normalized spacial score (nSPS) is 17.9. The van der Waals surface area contributed by atoms with E-state index in [-0.39, 0.29) is 18.4 Å². The predicted octanol–water partition coefficient (Wildman–Crippen LogP) is 4.64. The number of hydrogen-bond acceptors (Lipinski definition) is 7. The van der Waals surface area contributed by atoms with E-state index in [0.717, 1.165) is 25.7 Å². The highest BCUT2D eigenvalue weighted by Crippen LogP contribution is 2.30. The Labute approximate surface area is 200 Å². The molecular weight excluding hydrogens is 453 g/mol. The van der Waals surface area contributed by atoms with Gasteiger partial charge in [-0.3, -0.25) is 4.79 Å². The van der Waals surface area contributed by atoms with Crippen LogP contribution < -0.4 is 9.47 Å². The van der Waals surface area contributed by atoms with Crippen molar-refractivity contribution in [3.8, 4) is 34.4 Å². The number of pyridine rings is 1. The van der Waals surface area contributed by atoms with Crippen molar-refractivity contribution in [2.75, 3.05) is 7.11 Å². The number of aliphatic carboxylic acids is 1. The third kappa shape index (κ3) is 5.06. The van der Waals surface area contributed by atoms with Gasteiger partial charge < -0.3 is 19.6 Å². The molecule has 4 aromatic rings. The first kappa shape index (κ1) is 22.7. The monoisotopic (exact) mass is 477 g/mol. The Kier molecular flexibility index (Phi) is 6.26. The molecule has 3 heterocycles. The van der Waals surface area contributed by atoms with Gasteiger partial charge in [0.1, 0.15) is 17.7 Å². The number of carboxylic acids is 1. The molecule has 0 atom stereocenters. The molecule has 0 bridgehead atoms. The third-order valence-electron chi connectivity index (χ3n) is 6.22. The number of ether oxygens (including phenoxy) is 2. The second kappa shape index (κ2) is 9.65. The number of hydrogen-bond donors (Lipinski definition) is 2. The summed E-state index contributed by atoms with van der Waals surface area (Å²) >= 11 is 0. The lowest BCUT2D eigenvalue weighted by Gasteiger charge is -2.27. The van der Waals surface area contributed by atoms with Crippen LogP contribution in [-0.2, 0) is 4.79 Å². The van der Waals surface area contributed by atoms with Crippen LogP contribution in [0.4, 0.5) is 4.39 Å². The van der Waals surface area contributed by atoms with Crippen molar-refractivity contribution in [2.24, 2.45) is 5.92 Å². The number of aromatic amines is 1. The largest absolute Gasteiger partial charge is 0.481 e. The van der Waals surface area contributed by atoms with Gasteiger partial charge in [-0.15, -0.1) is 0 Å². The zero-order valence-electron chi connectivity index (χ0n) is 19.1. The number of carbonyl (C=O) groups is 1. The molecule has 0 radical (unpaired) electrons. The SMILES string of the molecule is COc1ccc2[nH]c(-c3ccc(-c4cnc(O[C@H]5CC[C@@H](CC(=O)O)CC5)cn4)cc3F)nc2n1. The van der Waals surface area contributed by atoms with E-state index in [1.54, 1.807) is 30.5 Å². The van der Waals surface area contributed by atoms with Gasteiger partial charge in [0.25, 0.3) is 0 Å². The number of rotatable bonds is 7. The van der Waals surface area contributed by atoms with Gasteiger partial charge in [0.15, 0.2) is 5.65 Å². The Balaban J connectivity index is 1.26. The summed E-state index contributed by atoms with van der Waals surface area (Å²) in [7, 11) is 1.52. The number of methoxy groups -OCH3 is 1. The van der Waals surface area contributed by atoms with Crippen molar-refractivity contribution in [3.05, 3.63) is 48.5 Å². The van der Waals surface area contributed by atoms with Gasteiger partial charge in [-0.05, 0) is 49.8 Å². The first-order valence-electron chi connectivity index (χ1n) is 11.4. The number of halogens is 1. The lowest BCUT2D eigenvalue weighted by molar-refractivity contribution is -0.138. The van der Waals surface area contributed by atoms with Crippen molar-refractivity contribution in [1.29, 1.82) is 0 Å². The van der Waals surface area contributed by atoms with Crippen LogP contribution in [0.5, 0.6) is 11.8 Å². The first-order chi connectivity index (χ1) is 17.0. The highest BCUT2D eigenvalue weighted by atomic mass is 19.1. The van der Waals surface area contributed by atoms with Crippen molar-refractivity contribution in [1.82, 2.24) is 24.9 Å². The fourth-order valence-electron chi connectivity index (χ4n) is 4.38. The Morgan fingerprint density at radius 1 is 1.09 bits per heavy atom. The molecule has 0 saturated heterocycles. The molecule has 1 aromatic carbocycles. The summed E-state index contributed by atoms with van der Waals surface area (Å²) in [4.78, 5) is 31.3. The number of nitrogens with zero attached hydrogens (tertiary/aromatic N) is 4. The lowest BCUT2D eigenvalue weighted by Crippen LogP contribution is -2.25. The third-order valence-corrected chi connectivity index (χ3v) is 6.22. The molecule has 3 aromatic heterocycles. The van der Waals surface area contributed by atoms with E-state index in [0.29, 0.717) is 45.6 Å². The van der Waals surface area contributed by atoms with E-state index in [2.05, 4.69) is 24.9 Å². The number of H-pyrrole nitrogens is 1. The molecule has 1 aliphatic carbocycles. The Morgan fingerprint density at radius 2 is 1.91 bits per heavy atom. The van der Waals surface area contributed by atoms with Gasteiger partial charge in [0.05, 0.1) is 36.3 Å². The van der Waals surface area contributed by atoms with Crippen LogP contribution in [0.25, 0.3) is 33.8 Å². The second-order valence-electron chi connectivity index (χ2n) is 8.60. The van der Waals surface area contributed by atoms with E-state index >= 15 is 0 Å². The summed E-state index contributed by atoms with van der Waals surface area (Å²) in [6.45, 7) is 0. The van der Waals surface area contributed by atoms with Crippen LogP contribution in [0.3, 0.4) is 0 Å². The molecular formula is C25H24FN5O4. The maximum Gasteiger partial charge on any atom is 0.303 e. The van der Waals surface area contributed by atoms with Crippen LogP contribution in [-0.4, -0.2) is 49.2 Å². The molecule has 5 rings (SSSR count). The Bertz CT molecular complexity index is 1350. The van der Waals surface area contributed by atoms with E-state index < -0.39 is 11.8 Å². The average molecular weight is 477 g/mol. The van der Waals surface area contributed by atoms with Crippen molar-refractivity contribution in [2.45, 2.75) is 38.2 Å². The fraction of sp³-hybridized carbons (Fsp3) is 0.320. The molecule has 0 amide bonds. The molecule has 2 N–H and O–H groups in total. The molecule has 0 spiro atoms. The van der Waals surface area contributed by atoms with Crippen molar-refractivity contribution >= 4 is 17.1 Å². The van der Waals surface area contributed by atoms with Gasteiger partial charge in [0.2, 0.25) is 11.8 Å². The van der Waals surface area contributed by atoms with Crippen LogP contribution in [0.15, 0.2) is 42.7 Å². The van der Waals surface area contributed by atoms with E-state index in [1.807, 2.05) is 0 Å². The number of carboxylic acid groups (broad SMARTS) is 1. The fourth-order valence-corrected chi connectivity index (χ4v) is 4.38. The maximum atomic E-state index is 15.0. The van der Waals surface area contributed by atoms with Gasteiger partial charge in [-0.2, -0.15) is 4.98 Å². The zero-order valence-corrected chi connectivity index (χ0v) is 19.1. The number of imidazole rings is 1. The molecule has 35 heavy (non-hydrogen) atoms. The topological polar surface area (TPSA) is 123 Å². The number of benzene rings is 1. The summed E-state index contributed by atoms with van der Waals surface area (Å²) in [5.74, 6) is 0.209. The van der Waals surface area contributed by atoms with Crippen LogP contribution >= 0.6 is 0 Å². The summed E-state index contributed by atoms with van der Waals surface area (Å²) < 4.78 is 26.0. The summed E-state index contributed by atoms with van der Waals surface area (Å²) in [6, 6.07) is 8.28. The minimum Gasteiger partial charge on any atom is -0.481 e. The van der Waals surface area contributed by atoms with E-state index in [1.165, 1.54) is 19.4 Å². The zero-order chi connectivity index (χ0) is 24.4. The second-order valence-corrected chi connectivity index (χ2v) is 8.60. The van der Waals surface area contributed by atoms with Gasteiger partial charge in [-0.25, -0.2) is 19.3 Å². The van der Waals surface area contributed by atoms with Crippen molar-refractivity contribution in [3.63, 3.8) is 0 Å². The van der Waals surface area contributed by atoms with Crippen LogP contribution in [0.1, 0.15) is 32.1 Å². The molecule has 10 heteroatoms. The highest BCUT2D eigenvalue weighted by Gasteiger charge is 2.24. The lowest BCUT2D eigenvalue weighted by atomic mass is 9.85. The predicted molar refractivity (Wildman–Crippen MR) is 125 cm³/mol. The van der Waals surface area contributed by atoms with Crippen molar-refractivity contribution < 1.29 is 23.8 Å². The number of aromatic nitrogens is 5. The van der Waals surface area contributed by atoms with E-state index in [9.17, 15) is 9.18 Å². The maximum absolute atomic E-state index is 15.0. The standard InChI is InChI=1S/C25H24FN5O4/c1-34-21-9-8-19-25(30-21)31-24(29-19)17-7-4-15(11-18(17)26)20-12-28-22(13-27-20)35-16-5-2-14(3-6-16)10-23(32)33/h4,7-9,11-14,16H,2-3,5-6,10H2,1H3,(H,32,33)(H,29,30,31)/t14-,16+. The van der Waals surface area contributed by atoms with Crippen LogP contribution in [0, 0.1) is 11.7 Å². The van der Waals surface area contributed by atoms with E-state index in [4.69, 9.17) is 14.6 Å².